The molecule has 0 N–H and O–H groups in total. The Kier molecular flexibility index (Phi) is 4.34. The van der Waals surface area contributed by atoms with E-state index in [-0.39, 0.29) is 0 Å². The Morgan fingerprint density at radius 1 is 1.31 bits per heavy atom. The Labute approximate surface area is 100 Å². The van der Waals surface area contributed by atoms with Crippen LogP contribution in [0.5, 0.6) is 0 Å². The number of thiazole rings is 1. The molecule has 0 aliphatic carbocycles. The quantitative estimate of drug-likeness (QED) is 0.810. The maximum absolute atomic E-state index is 11.9. The molecule has 1 aromatic heterocycles. The number of carbonyl (C=O) groups is 1. The lowest BCUT2D eigenvalue weighted by Crippen LogP contribution is -2.31. The zero-order valence-electron chi connectivity index (χ0n) is 9.52. The molecule has 0 unspecified atom stereocenters. The fourth-order valence-electron chi connectivity index (χ4n) is 2.07. The molecule has 1 aliphatic heterocycles. The highest BCUT2D eigenvalue weighted by atomic mass is 32.1. The van der Waals surface area contributed by atoms with Crippen molar-refractivity contribution >= 4 is 17.2 Å². The van der Waals surface area contributed by atoms with Crippen molar-refractivity contribution in [1.29, 1.82) is 0 Å². The van der Waals surface area contributed by atoms with Crippen molar-refractivity contribution in [2.75, 3.05) is 13.1 Å². The molecule has 0 spiro atoms. The zero-order chi connectivity index (χ0) is 11.2. The van der Waals surface area contributed by atoms with E-state index in [1.807, 2.05) is 10.3 Å². The highest BCUT2D eigenvalue weighted by molar-refractivity contribution is 7.09. The molecule has 0 radical (unpaired) electrons. The van der Waals surface area contributed by atoms with E-state index in [4.69, 9.17) is 0 Å². The number of nitrogens with zero attached hydrogens (tertiary/aromatic N) is 2. The van der Waals surface area contributed by atoms with Crippen LogP contribution in [-0.4, -0.2) is 28.9 Å². The first-order valence-corrected chi connectivity index (χ1v) is 6.90. The molecule has 3 nitrogen and oxygen atoms in total. The van der Waals surface area contributed by atoms with E-state index < -0.39 is 0 Å². The summed E-state index contributed by atoms with van der Waals surface area (Å²) in [5.41, 5.74) is 0. The Morgan fingerprint density at radius 3 is 2.69 bits per heavy atom. The topological polar surface area (TPSA) is 33.2 Å². The summed E-state index contributed by atoms with van der Waals surface area (Å²) >= 11 is 1.63. The summed E-state index contributed by atoms with van der Waals surface area (Å²) in [7, 11) is 0. The third-order valence-electron chi connectivity index (χ3n) is 2.99. The van der Waals surface area contributed by atoms with Crippen LogP contribution in [0.4, 0.5) is 0 Å². The number of aromatic nitrogens is 1. The fraction of sp³-hybridized carbons (Fsp3) is 0.667. The molecule has 1 amide bonds. The van der Waals surface area contributed by atoms with E-state index >= 15 is 0 Å². The largest absolute Gasteiger partial charge is 0.343 e. The lowest BCUT2D eigenvalue weighted by Gasteiger charge is -2.19. The first kappa shape index (κ1) is 11.6. The predicted octanol–water partition coefficient (Wildman–Crippen LogP) is 2.48. The van der Waals surface area contributed by atoms with Gasteiger partial charge in [-0.15, -0.1) is 11.3 Å². The van der Waals surface area contributed by atoms with Crippen LogP contribution < -0.4 is 0 Å². The van der Waals surface area contributed by atoms with Gasteiger partial charge in [0, 0.05) is 37.5 Å². The van der Waals surface area contributed by atoms with Gasteiger partial charge in [0.05, 0.1) is 5.01 Å². The number of likely N-dealkylation sites (tertiary alicyclic amines) is 1. The summed E-state index contributed by atoms with van der Waals surface area (Å²) in [6.07, 6.45) is 8.11. The zero-order valence-corrected chi connectivity index (χ0v) is 10.3. The second-order valence-corrected chi connectivity index (χ2v) is 5.20. The van der Waals surface area contributed by atoms with Gasteiger partial charge in [-0.2, -0.15) is 0 Å². The lowest BCUT2D eigenvalue weighted by atomic mass is 10.2. The minimum absolute atomic E-state index is 0.303. The van der Waals surface area contributed by atoms with Crippen LogP contribution in [0.3, 0.4) is 0 Å². The van der Waals surface area contributed by atoms with Crippen LogP contribution in [0, 0.1) is 0 Å². The van der Waals surface area contributed by atoms with E-state index in [1.54, 1.807) is 17.5 Å². The molecule has 1 aromatic rings. The fourth-order valence-corrected chi connectivity index (χ4v) is 2.69. The Bertz CT molecular complexity index is 316. The van der Waals surface area contributed by atoms with Gasteiger partial charge >= 0.3 is 0 Å². The van der Waals surface area contributed by atoms with Crippen LogP contribution in [0.1, 0.15) is 37.1 Å². The van der Waals surface area contributed by atoms with E-state index in [1.165, 1.54) is 25.7 Å². The molecular weight excluding hydrogens is 220 g/mol. The number of aryl methyl sites for hydroxylation is 1. The van der Waals surface area contributed by atoms with Gasteiger partial charge in [0.1, 0.15) is 0 Å². The molecule has 1 saturated heterocycles. The number of carbonyl (C=O) groups excluding carboxylic acids is 1. The third kappa shape index (κ3) is 3.30. The summed E-state index contributed by atoms with van der Waals surface area (Å²) in [5.74, 6) is 0.303. The van der Waals surface area contributed by atoms with Crippen LogP contribution in [0.15, 0.2) is 11.6 Å². The molecule has 0 atom stereocenters. The monoisotopic (exact) mass is 238 g/mol. The average Bonchev–Trinajstić information content (AvgIpc) is 2.66. The standard InChI is InChI=1S/C12H18N2OS/c15-12(6-5-11-13-7-10-16-11)14-8-3-1-2-4-9-14/h7,10H,1-6,8-9H2. The summed E-state index contributed by atoms with van der Waals surface area (Å²) in [5, 5.41) is 3.04. The minimum Gasteiger partial charge on any atom is -0.343 e. The SMILES string of the molecule is O=C(CCc1nccs1)N1CCCCCC1. The second kappa shape index (κ2) is 5.99. The highest BCUT2D eigenvalue weighted by Crippen LogP contribution is 2.12. The van der Waals surface area contributed by atoms with Crippen molar-refractivity contribution in [3.05, 3.63) is 16.6 Å². The van der Waals surface area contributed by atoms with Gasteiger partial charge in [0.2, 0.25) is 5.91 Å². The van der Waals surface area contributed by atoms with Gasteiger partial charge in [-0.05, 0) is 12.8 Å². The normalized spacial score (nSPS) is 17.1. The van der Waals surface area contributed by atoms with Crippen molar-refractivity contribution in [3.63, 3.8) is 0 Å². The van der Waals surface area contributed by atoms with E-state index in [2.05, 4.69) is 4.98 Å². The molecule has 4 heteroatoms. The Morgan fingerprint density at radius 2 is 2.06 bits per heavy atom. The minimum atomic E-state index is 0.303. The van der Waals surface area contributed by atoms with Crippen molar-refractivity contribution in [3.8, 4) is 0 Å². The number of hydrogen-bond acceptors (Lipinski definition) is 3. The lowest BCUT2D eigenvalue weighted by molar-refractivity contribution is -0.131. The Balaban J connectivity index is 1.78. The van der Waals surface area contributed by atoms with Crippen molar-refractivity contribution < 1.29 is 4.79 Å². The van der Waals surface area contributed by atoms with Crippen molar-refractivity contribution in [1.82, 2.24) is 9.88 Å². The van der Waals surface area contributed by atoms with Gasteiger partial charge in [0.15, 0.2) is 0 Å². The number of hydrogen-bond donors (Lipinski definition) is 0. The number of rotatable bonds is 3. The summed E-state index contributed by atoms with van der Waals surface area (Å²) in [4.78, 5) is 18.2. The summed E-state index contributed by atoms with van der Waals surface area (Å²) < 4.78 is 0. The smallest absolute Gasteiger partial charge is 0.222 e. The van der Waals surface area contributed by atoms with Crippen molar-refractivity contribution in [2.24, 2.45) is 0 Å². The van der Waals surface area contributed by atoms with E-state index in [0.717, 1.165) is 24.5 Å². The van der Waals surface area contributed by atoms with Crippen LogP contribution in [-0.2, 0) is 11.2 Å². The van der Waals surface area contributed by atoms with Crippen molar-refractivity contribution in [2.45, 2.75) is 38.5 Å². The molecule has 2 heterocycles. The molecule has 1 fully saturated rings. The van der Waals surface area contributed by atoms with Gasteiger partial charge in [0.25, 0.3) is 0 Å². The van der Waals surface area contributed by atoms with E-state index in [9.17, 15) is 4.79 Å². The predicted molar refractivity (Wildman–Crippen MR) is 65.5 cm³/mol. The van der Waals surface area contributed by atoms with Crippen LogP contribution in [0.25, 0.3) is 0 Å². The molecule has 16 heavy (non-hydrogen) atoms. The summed E-state index contributed by atoms with van der Waals surface area (Å²) in [6.45, 7) is 1.91. The molecule has 2 rings (SSSR count). The molecule has 0 bridgehead atoms. The van der Waals surface area contributed by atoms with Gasteiger partial charge in [-0.25, -0.2) is 4.98 Å². The van der Waals surface area contributed by atoms with E-state index in [0.29, 0.717) is 12.3 Å². The van der Waals surface area contributed by atoms with Gasteiger partial charge in [-0.3, -0.25) is 4.79 Å². The number of amides is 1. The first-order chi connectivity index (χ1) is 7.86. The van der Waals surface area contributed by atoms with Gasteiger partial charge < -0.3 is 4.90 Å². The van der Waals surface area contributed by atoms with Crippen LogP contribution >= 0.6 is 11.3 Å². The third-order valence-corrected chi connectivity index (χ3v) is 3.83. The van der Waals surface area contributed by atoms with Crippen LogP contribution in [0.2, 0.25) is 0 Å². The highest BCUT2D eigenvalue weighted by Gasteiger charge is 2.15. The first-order valence-electron chi connectivity index (χ1n) is 6.02. The maximum Gasteiger partial charge on any atom is 0.222 e. The average molecular weight is 238 g/mol. The van der Waals surface area contributed by atoms with Gasteiger partial charge in [-0.1, -0.05) is 12.8 Å². The summed E-state index contributed by atoms with van der Waals surface area (Å²) in [6, 6.07) is 0. The molecule has 0 aromatic carbocycles. The molecule has 88 valence electrons. The Hall–Kier alpha value is -0.900. The second-order valence-electron chi connectivity index (χ2n) is 4.22. The maximum atomic E-state index is 11.9. The molecule has 0 saturated carbocycles. The molecule has 1 aliphatic rings. The molecular formula is C12H18N2OS.